The zero-order valence-corrected chi connectivity index (χ0v) is 22.1. The summed E-state index contributed by atoms with van der Waals surface area (Å²) >= 11 is 0. The van der Waals surface area contributed by atoms with E-state index in [0.717, 1.165) is 37.0 Å². The molecule has 4 rings (SSSR count). The van der Waals surface area contributed by atoms with Crippen LogP contribution in [0.3, 0.4) is 0 Å². The van der Waals surface area contributed by atoms with Gasteiger partial charge in [-0.1, -0.05) is 12.1 Å². The van der Waals surface area contributed by atoms with E-state index < -0.39 is 0 Å². The molecular formula is C27H35N7O4. The van der Waals surface area contributed by atoms with Crippen molar-refractivity contribution >= 4 is 11.8 Å². The first-order chi connectivity index (χ1) is 18.4. The van der Waals surface area contributed by atoms with Crippen molar-refractivity contribution in [3.05, 3.63) is 53.3 Å². The average molecular weight is 522 g/mol. The number of rotatable bonds is 11. The van der Waals surface area contributed by atoms with Crippen molar-refractivity contribution < 1.29 is 19.1 Å². The zero-order valence-electron chi connectivity index (χ0n) is 22.1. The number of nitrogens with zero attached hydrogens (tertiary/aromatic N) is 5. The molecule has 2 aromatic heterocycles. The number of methoxy groups -OCH3 is 2. The molecule has 3 aromatic rings. The van der Waals surface area contributed by atoms with Crippen LogP contribution in [0.25, 0.3) is 11.4 Å². The van der Waals surface area contributed by atoms with Gasteiger partial charge in [0.2, 0.25) is 11.7 Å². The van der Waals surface area contributed by atoms with Crippen molar-refractivity contribution in [3.63, 3.8) is 0 Å². The molecule has 1 aromatic carbocycles. The van der Waals surface area contributed by atoms with Gasteiger partial charge in [0.05, 0.1) is 20.3 Å². The molecule has 202 valence electrons. The molecule has 0 saturated heterocycles. The van der Waals surface area contributed by atoms with Crippen LogP contribution in [0.2, 0.25) is 0 Å². The first-order valence-corrected chi connectivity index (χ1v) is 12.9. The molecule has 1 fully saturated rings. The highest BCUT2D eigenvalue weighted by molar-refractivity contribution is 5.93. The fourth-order valence-electron chi connectivity index (χ4n) is 4.66. The summed E-state index contributed by atoms with van der Waals surface area (Å²) in [6, 6.07) is 11.1. The molecule has 0 radical (unpaired) electrons. The summed E-state index contributed by atoms with van der Waals surface area (Å²) < 4.78 is 10.2. The number of aryl methyl sites for hydroxylation is 1. The predicted molar refractivity (Wildman–Crippen MR) is 140 cm³/mol. The van der Waals surface area contributed by atoms with Crippen LogP contribution in [0.15, 0.2) is 36.4 Å². The molecule has 2 amide bonds. The van der Waals surface area contributed by atoms with Crippen LogP contribution in [0.4, 0.5) is 0 Å². The van der Waals surface area contributed by atoms with E-state index in [2.05, 4.69) is 31.0 Å². The number of nitrogens with one attached hydrogen (secondary N) is 2. The van der Waals surface area contributed by atoms with Gasteiger partial charge < -0.3 is 20.1 Å². The molecule has 2 heterocycles. The second-order valence-corrected chi connectivity index (χ2v) is 9.59. The summed E-state index contributed by atoms with van der Waals surface area (Å²) in [6.07, 6.45) is 3.57. The monoisotopic (exact) mass is 521 g/mol. The SMILES string of the molecule is COCCNC(=O)C1CCC(Cn2nnc(-c3cc(C)nc(C(=O)NCc4cccc(OC)c4)c3)n2)CC1. The normalized spacial score (nSPS) is 17.1. The number of carbonyl (C=O) groups is 2. The average Bonchev–Trinajstić information content (AvgIpc) is 3.40. The van der Waals surface area contributed by atoms with Crippen molar-refractivity contribution in [3.8, 4) is 17.1 Å². The number of amides is 2. The van der Waals surface area contributed by atoms with Gasteiger partial charge in [0.25, 0.3) is 5.91 Å². The van der Waals surface area contributed by atoms with Gasteiger partial charge in [0.1, 0.15) is 11.4 Å². The highest BCUT2D eigenvalue weighted by Gasteiger charge is 2.27. The minimum Gasteiger partial charge on any atom is -0.497 e. The fourth-order valence-corrected chi connectivity index (χ4v) is 4.66. The van der Waals surface area contributed by atoms with Gasteiger partial charge in [-0.15, -0.1) is 10.2 Å². The van der Waals surface area contributed by atoms with Gasteiger partial charge in [-0.25, -0.2) is 4.98 Å². The summed E-state index contributed by atoms with van der Waals surface area (Å²) in [5.41, 5.74) is 2.59. The van der Waals surface area contributed by atoms with Crippen LogP contribution in [0.5, 0.6) is 5.75 Å². The Morgan fingerprint density at radius 1 is 1.08 bits per heavy atom. The Labute approximate surface area is 222 Å². The van der Waals surface area contributed by atoms with Crippen molar-refractivity contribution in [2.24, 2.45) is 11.8 Å². The Morgan fingerprint density at radius 3 is 2.66 bits per heavy atom. The number of ether oxygens (including phenoxy) is 2. The molecule has 1 aliphatic carbocycles. The highest BCUT2D eigenvalue weighted by Crippen LogP contribution is 2.30. The number of benzene rings is 1. The maximum absolute atomic E-state index is 12.8. The van der Waals surface area contributed by atoms with E-state index in [0.29, 0.717) is 54.9 Å². The van der Waals surface area contributed by atoms with Gasteiger partial charge >= 0.3 is 0 Å². The van der Waals surface area contributed by atoms with Crippen LogP contribution in [0, 0.1) is 18.8 Å². The standard InChI is InChI=1S/C27H35N7O4/c1-18-13-22(15-24(30-18)27(36)29-16-20-5-4-6-23(14-20)38-3)25-31-33-34(32-25)17-19-7-9-21(10-8-19)26(35)28-11-12-37-2/h4-6,13-15,19,21H,7-12,16-17H2,1-3H3,(H,28,35)(H,29,36). The van der Waals surface area contributed by atoms with E-state index in [9.17, 15) is 9.59 Å². The van der Waals surface area contributed by atoms with Crippen LogP contribution in [-0.4, -0.2) is 64.4 Å². The Balaban J connectivity index is 1.33. The molecule has 0 aliphatic heterocycles. The van der Waals surface area contributed by atoms with Crippen molar-refractivity contribution in [2.45, 2.75) is 45.7 Å². The summed E-state index contributed by atoms with van der Waals surface area (Å²) in [7, 11) is 3.23. The summed E-state index contributed by atoms with van der Waals surface area (Å²) in [6.45, 7) is 3.89. The fraction of sp³-hybridized carbons (Fsp3) is 0.481. The van der Waals surface area contributed by atoms with E-state index in [1.165, 1.54) is 0 Å². The molecule has 11 heteroatoms. The van der Waals surface area contributed by atoms with Crippen molar-refractivity contribution in [2.75, 3.05) is 27.4 Å². The number of carbonyl (C=O) groups excluding carboxylic acids is 2. The van der Waals surface area contributed by atoms with E-state index in [4.69, 9.17) is 9.47 Å². The van der Waals surface area contributed by atoms with Crippen molar-refractivity contribution in [1.82, 2.24) is 35.8 Å². The number of hydrogen-bond donors (Lipinski definition) is 2. The summed E-state index contributed by atoms with van der Waals surface area (Å²) in [5, 5.41) is 18.9. The third kappa shape index (κ3) is 7.34. The molecule has 1 saturated carbocycles. The smallest absolute Gasteiger partial charge is 0.270 e. The molecule has 1 aliphatic rings. The van der Waals surface area contributed by atoms with Gasteiger partial charge in [0.15, 0.2) is 0 Å². The van der Waals surface area contributed by atoms with Crippen LogP contribution < -0.4 is 15.4 Å². The minimum atomic E-state index is -0.284. The minimum absolute atomic E-state index is 0.0515. The Bertz CT molecular complexity index is 1240. The molecule has 38 heavy (non-hydrogen) atoms. The van der Waals surface area contributed by atoms with Gasteiger partial charge in [-0.05, 0) is 73.6 Å². The summed E-state index contributed by atoms with van der Waals surface area (Å²) in [4.78, 5) is 31.1. The number of hydrogen-bond acceptors (Lipinski definition) is 8. The Morgan fingerprint density at radius 2 is 1.89 bits per heavy atom. The first-order valence-electron chi connectivity index (χ1n) is 12.9. The van der Waals surface area contributed by atoms with Crippen molar-refractivity contribution in [1.29, 1.82) is 0 Å². The second-order valence-electron chi connectivity index (χ2n) is 9.59. The molecule has 0 atom stereocenters. The third-order valence-corrected chi connectivity index (χ3v) is 6.73. The lowest BCUT2D eigenvalue weighted by atomic mass is 9.81. The van der Waals surface area contributed by atoms with Gasteiger partial charge in [0, 0.05) is 37.4 Å². The maximum Gasteiger partial charge on any atom is 0.270 e. The molecule has 2 N–H and O–H groups in total. The number of pyridine rings is 1. The molecule has 11 nitrogen and oxygen atoms in total. The third-order valence-electron chi connectivity index (χ3n) is 6.73. The largest absolute Gasteiger partial charge is 0.497 e. The Hall–Kier alpha value is -3.86. The number of aromatic nitrogens is 5. The van der Waals surface area contributed by atoms with Gasteiger partial charge in [-0.2, -0.15) is 4.80 Å². The lowest BCUT2D eigenvalue weighted by Crippen LogP contribution is -2.35. The first kappa shape index (κ1) is 27.2. The number of tetrazole rings is 1. The van der Waals surface area contributed by atoms with E-state index in [-0.39, 0.29) is 17.7 Å². The lowest BCUT2D eigenvalue weighted by Gasteiger charge is -2.27. The maximum atomic E-state index is 12.8. The zero-order chi connectivity index (χ0) is 26.9. The van der Waals surface area contributed by atoms with E-state index in [1.54, 1.807) is 25.1 Å². The van der Waals surface area contributed by atoms with E-state index >= 15 is 0 Å². The second kappa shape index (κ2) is 13.1. The molecule has 0 spiro atoms. The molecular weight excluding hydrogens is 486 g/mol. The van der Waals surface area contributed by atoms with Gasteiger partial charge in [-0.3, -0.25) is 9.59 Å². The quantitative estimate of drug-likeness (QED) is 0.368. The Kier molecular flexibility index (Phi) is 9.36. The van der Waals surface area contributed by atoms with Crippen LogP contribution in [0.1, 0.15) is 47.4 Å². The topological polar surface area (TPSA) is 133 Å². The van der Waals surface area contributed by atoms with Crippen LogP contribution in [-0.2, 0) is 22.6 Å². The molecule has 0 bridgehead atoms. The molecule has 0 unspecified atom stereocenters. The lowest BCUT2D eigenvalue weighted by molar-refractivity contribution is -0.126. The predicted octanol–water partition coefficient (Wildman–Crippen LogP) is 2.55. The summed E-state index contributed by atoms with van der Waals surface area (Å²) in [5.74, 6) is 1.45. The van der Waals surface area contributed by atoms with Crippen LogP contribution >= 0.6 is 0 Å². The van der Waals surface area contributed by atoms with E-state index in [1.807, 2.05) is 37.3 Å². The highest BCUT2D eigenvalue weighted by atomic mass is 16.5.